The second kappa shape index (κ2) is 6.21. The molecule has 1 amide bonds. The zero-order valence-corrected chi connectivity index (χ0v) is 12.2. The zero-order chi connectivity index (χ0) is 17.1. The molecule has 0 spiro atoms. The number of nitro benzene ring substituents is 1. The van der Waals surface area contributed by atoms with Crippen LogP contribution in [-0.2, 0) is 0 Å². The lowest BCUT2D eigenvalue weighted by Crippen LogP contribution is -2.16. The summed E-state index contributed by atoms with van der Waals surface area (Å²) in [5, 5.41) is 24.5. The highest BCUT2D eigenvalue weighted by atomic mass is 16.6. The molecule has 2 N–H and O–H groups in total. The standard InChI is InChI=1S/C16H11N3O5/c20-13-4-2-1-3-10(13)9-17-18-16(21)15-8-11-7-12(19(22)23)5-6-14(11)24-15/h1-9,20H,(H,18,21)/b17-9+. The quantitative estimate of drug-likeness (QED) is 0.434. The average molecular weight is 325 g/mol. The Morgan fingerprint density at radius 2 is 2.04 bits per heavy atom. The van der Waals surface area contributed by atoms with Gasteiger partial charge in [-0.1, -0.05) is 12.1 Å². The lowest BCUT2D eigenvalue weighted by molar-refractivity contribution is -0.384. The van der Waals surface area contributed by atoms with Gasteiger partial charge in [-0.05, 0) is 24.3 Å². The van der Waals surface area contributed by atoms with Crippen LogP contribution >= 0.6 is 0 Å². The number of phenolic OH excluding ortho intramolecular Hbond substituents is 1. The van der Waals surface area contributed by atoms with Crippen LogP contribution < -0.4 is 5.43 Å². The number of hydrazone groups is 1. The molecule has 1 aromatic heterocycles. The minimum Gasteiger partial charge on any atom is -0.507 e. The minimum absolute atomic E-state index is 0.0278. The van der Waals surface area contributed by atoms with Crippen LogP contribution in [0.3, 0.4) is 0 Å². The number of aromatic hydroxyl groups is 1. The Labute approximate surface area is 135 Å². The third kappa shape index (κ3) is 3.07. The van der Waals surface area contributed by atoms with Gasteiger partial charge in [0.2, 0.25) is 0 Å². The van der Waals surface area contributed by atoms with Gasteiger partial charge in [0.25, 0.3) is 5.69 Å². The van der Waals surface area contributed by atoms with Gasteiger partial charge in [-0.3, -0.25) is 14.9 Å². The molecule has 1 heterocycles. The number of amides is 1. The first-order chi connectivity index (χ1) is 11.5. The number of furan rings is 1. The Kier molecular flexibility index (Phi) is 3.94. The van der Waals surface area contributed by atoms with E-state index in [2.05, 4.69) is 10.5 Å². The maximum absolute atomic E-state index is 12.0. The normalized spacial score (nSPS) is 11.0. The molecule has 0 atom stereocenters. The summed E-state index contributed by atoms with van der Waals surface area (Å²) in [6, 6.07) is 11.9. The van der Waals surface area contributed by atoms with Crippen molar-refractivity contribution in [3.05, 3.63) is 70.0 Å². The van der Waals surface area contributed by atoms with Crippen LogP contribution in [0.1, 0.15) is 16.1 Å². The summed E-state index contributed by atoms with van der Waals surface area (Å²) in [5.41, 5.74) is 2.97. The van der Waals surface area contributed by atoms with Gasteiger partial charge in [-0.25, -0.2) is 5.43 Å². The van der Waals surface area contributed by atoms with E-state index >= 15 is 0 Å². The second-order valence-corrected chi connectivity index (χ2v) is 4.85. The molecule has 0 saturated heterocycles. The van der Waals surface area contributed by atoms with Crippen molar-refractivity contribution in [2.24, 2.45) is 5.10 Å². The number of nitro groups is 1. The molecule has 120 valence electrons. The van der Waals surface area contributed by atoms with E-state index in [0.717, 1.165) is 0 Å². The number of benzene rings is 2. The number of non-ortho nitro benzene ring substituents is 1. The summed E-state index contributed by atoms with van der Waals surface area (Å²) >= 11 is 0. The van der Waals surface area contributed by atoms with Crippen LogP contribution in [0, 0.1) is 10.1 Å². The highest BCUT2D eigenvalue weighted by Crippen LogP contribution is 2.24. The Morgan fingerprint density at radius 1 is 1.25 bits per heavy atom. The van der Waals surface area contributed by atoms with Crippen LogP contribution in [0.25, 0.3) is 11.0 Å². The second-order valence-electron chi connectivity index (χ2n) is 4.85. The molecule has 0 aliphatic heterocycles. The topological polar surface area (TPSA) is 118 Å². The number of para-hydroxylation sites is 1. The third-order valence-corrected chi connectivity index (χ3v) is 3.24. The van der Waals surface area contributed by atoms with Gasteiger partial charge in [-0.2, -0.15) is 5.10 Å². The molecular weight excluding hydrogens is 314 g/mol. The molecule has 24 heavy (non-hydrogen) atoms. The van der Waals surface area contributed by atoms with Crippen molar-refractivity contribution in [3.63, 3.8) is 0 Å². The van der Waals surface area contributed by atoms with Crippen molar-refractivity contribution >= 4 is 28.8 Å². The van der Waals surface area contributed by atoms with E-state index in [0.29, 0.717) is 16.5 Å². The van der Waals surface area contributed by atoms with Gasteiger partial charge in [0.15, 0.2) is 5.76 Å². The first-order valence-corrected chi connectivity index (χ1v) is 6.84. The maximum atomic E-state index is 12.0. The van der Waals surface area contributed by atoms with Crippen LogP contribution in [0.2, 0.25) is 0 Å². The number of phenols is 1. The van der Waals surface area contributed by atoms with Gasteiger partial charge >= 0.3 is 5.91 Å². The molecule has 8 heteroatoms. The molecule has 3 rings (SSSR count). The number of nitrogens with zero attached hydrogens (tertiary/aromatic N) is 2. The van der Waals surface area contributed by atoms with Gasteiger partial charge < -0.3 is 9.52 Å². The van der Waals surface area contributed by atoms with E-state index in [4.69, 9.17) is 4.42 Å². The van der Waals surface area contributed by atoms with Gasteiger partial charge in [0, 0.05) is 23.1 Å². The molecule has 0 unspecified atom stereocenters. The fourth-order valence-corrected chi connectivity index (χ4v) is 2.07. The van der Waals surface area contributed by atoms with Crippen LogP contribution in [0.15, 0.2) is 58.0 Å². The van der Waals surface area contributed by atoms with Crippen molar-refractivity contribution < 1.29 is 19.2 Å². The predicted molar refractivity (Wildman–Crippen MR) is 86.0 cm³/mol. The van der Waals surface area contributed by atoms with Crippen LogP contribution in [0.4, 0.5) is 5.69 Å². The lowest BCUT2D eigenvalue weighted by atomic mass is 10.2. The number of fused-ring (bicyclic) bond motifs is 1. The first-order valence-electron chi connectivity index (χ1n) is 6.84. The number of carbonyl (C=O) groups is 1. The molecule has 0 radical (unpaired) electrons. The highest BCUT2D eigenvalue weighted by Gasteiger charge is 2.14. The minimum atomic E-state index is -0.611. The van der Waals surface area contributed by atoms with Crippen molar-refractivity contribution in [1.29, 1.82) is 0 Å². The molecule has 0 aliphatic rings. The summed E-state index contributed by atoms with van der Waals surface area (Å²) in [4.78, 5) is 22.2. The average Bonchev–Trinajstić information content (AvgIpc) is 2.99. The summed E-state index contributed by atoms with van der Waals surface area (Å²) in [6.07, 6.45) is 1.29. The smallest absolute Gasteiger partial charge is 0.307 e. The highest BCUT2D eigenvalue weighted by molar-refractivity contribution is 5.97. The van der Waals surface area contributed by atoms with E-state index < -0.39 is 10.8 Å². The van der Waals surface area contributed by atoms with Crippen molar-refractivity contribution in [3.8, 4) is 5.75 Å². The summed E-state index contributed by atoms with van der Waals surface area (Å²) in [7, 11) is 0. The molecule has 0 aliphatic carbocycles. The monoisotopic (exact) mass is 325 g/mol. The molecular formula is C16H11N3O5. The summed E-state index contributed by atoms with van der Waals surface area (Å²) in [6.45, 7) is 0. The third-order valence-electron chi connectivity index (χ3n) is 3.24. The van der Waals surface area contributed by atoms with Crippen molar-refractivity contribution in [2.75, 3.05) is 0 Å². The van der Waals surface area contributed by atoms with Gasteiger partial charge in [0.05, 0.1) is 11.1 Å². The Hall–Kier alpha value is -3.68. The molecule has 8 nitrogen and oxygen atoms in total. The number of hydrogen-bond donors (Lipinski definition) is 2. The van der Waals surface area contributed by atoms with E-state index in [1.54, 1.807) is 18.2 Å². The van der Waals surface area contributed by atoms with Crippen molar-refractivity contribution in [2.45, 2.75) is 0 Å². The summed E-state index contributed by atoms with van der Waals surface area (Å²) in [5.74, 6) is -0.605. The zero-order valence-electron chi connectivity index (χ0n) is 12.2. The molecule has 0 fully saturated rings. The maximum Gasteiger partial charge on any atom is 0.307 e. The van der Waals surface area contributed by atoms with E-state index in [1.807, 2.05) is 0 Å². The van der Waals surface area contributed by atoms with Gasteiger partial charge in [-0.15, -0.1) is 0 Å². The van der Waals surface area contributed by atoms with Crippen molar-refractivity contribution in [1.82, 2.24) is 5.43 Å². The fourth-order valence-electron chi connectivity index (χ4n) is 2.07. The number of nitrogens with one attached hydrogen (secondary N) is 1. The molecule has 3 aromatic rings. The Bertz CT molecular complexity index is 961. The lowest BCUT2D eigenvalue weighted by Gasteiger charge is -1.97. The van der Waals surface area contributed by atoms with Crippen LogP contribution in [-0.4, -0.2) is 22.2 Å². The number of rotatable bonds is 4. The number of hydrogen-bond acceptors (Lipinski definition) is 6. The predicted octanol–water partition coefficient (Wildman–Crippen LogP) is 2.81. The fraction of sp³-hybridized carbons (Fsp3) is 0. The SMILES string of the molecule is O=C(N/N=C/c1ccccc1O)c1cc2cc([N+](=O)[O-])ccc2o1. The molecule has 0 saturated carbocycles. The molecule has 2 aromatic carbocycles. The summed E-state index contributed by atoms with van der Waals surface area (Å²) < 4.78 is 5.33. The molecule has 0 bridgehead atoms. The van der Waals surface area contributed by atoms with E-state index in [1.165, 1.54) is 36.5 Å². The van der Waals surface area contributed by atoms with E-state index in [-0.39, 0.29) is 17.2 Å². The first kappa shape index (κ1) is 15.2. The van der Waals surface area contributed by atoms with Crippen LogP contribution in [0.5, 0.6) is 5.75 Å². The van der Waals surface area contributed by atoms with Gasteiger partial charge in [0.1, 0.15) is 11.3 Å². The Balaban J connectivity index is 1.76. The van der Waals surface area contributed by atoms with E-state index in [9.17, 15) is 20.0 Å². The largest absolute Gasteiger partial charge is 0.507 e. The number of carbonyl (C=O) groups excluding carboxylic acids is 1. The Morgan fingerprint density at radius 3 is 2.79 bits per heavy atom.